The Morgan fingerprint density at radius 2 is 0.838 bits per heavy atom. The van der Waals surface area contributed by atoms with Gasteiger partial charge in [-0.25, -0.2) is 16.8 Å². The van der Waals surface area contributed by atoms with Gasteiger partial charge in [0.1, 0.15) is 33.5 Å². The topological polar surface area (TPSA) is 244 Å². The number of rotatable bonds is 20. The molecule has 0 aliphatic rings. The number of amides is 4. The Morgan fingerprint density at radius 3 is 1.27 bits per heavy atom. The highest BCUT2D eigenvalue weighted by atomic mass is 35.5. The van der Waals surface area contributed by atoms with Gasteiger partial charge in [0.15, 0.2) is 31.9 Å². The maximum absolute atomic E-state index is 13.1. The highest BCUT2D eigenvalue weighted by Gasteiger charge is 2.35. The van der Waals surface area contributed by atoms with Gasteiger partial charge >= 0.3 is 0 Å². The van der Waals surface area contributed by atoms with Crippen molar-refractivity contribution in [2.24, 2.45) is 0 Å². The van der Waals surface area contributed by atoms with Crippen molar-refractivity contribution in [2.75, 3.05) is 21.3 Å². The van der Waals surface area contributed by atoms with Crippen LogP contribution in [0.4, 0.5) is 22.7 Å². The van der Waals surface area contributed by atoms with Crippen molar-refractivity contribution in [2.45, 2.75) is 99.7 Å². The molecule has 16 nitrogen and oxygen atoms in total. The smallest absolute Gasteiger partial charge is 0.265 e. The van der Waals surface area contributed by atoms with E-state index in [0.29, 0.717) is 24.3 Å². The number of nitrogens with one attached hydrogen (secondary N) is 4. The Kier molecular flexibility index (Phi) is 20.5. The molecule has 0 spiro atoms. The van der Waals surface area contributed by atoms with Gasteiger partial charge in [-0.15, -0.1) is 0 Å². The van der Waals surface area contributed by atoms with Crippen molar-refractivity contribution in [3.63, 3.8) is 0 Å². The van der Waals surface area contributed by atoms with E-state index >= 15 is 0 Å². The zero-order valence-electron chi connectivity index (χ0n) is 41.4. The molecule has 0 bridgehead atoms. The van der Waals surface area contributed by atoms with Gasteiger partial charge in [-0.05, 0) is 111 Å². The van der Waals surface area contributed by atoms with E-state index in [0.717, 1.165) is 23.3 Å². The molecule has 6 aromatic rings. The van der Waals surface area contributed by atoms with Gasteiger partial charge in [0.05, 0.1) is 42.6 Å². The van der Waals surface area contributed by atoms with Crippen LogP contribution in [0.3, 0.4) is 0 Å². The molecule has 4 amide bonds. The normalized spacial score (nSPS) is 12.9. The molecule has 0 fully saturated rings. The molecule has 0 saturated carbocycles. The lowest BCUT2D eigenvalue weighted by atomic mass is 10.2. The van der Waals surface area contributed by atoms with E-state index < -0.39 is 66.0 Å². The SMILES string of the molecule is CCC(Oc1cccc(C)c1)C(=O)Nc1cc(Cl)c(NC(=O)C(CC)S(=O)(=O)c2ccccc2)cc1O.CCC(Oc1ccccc1)C(=O)Nc1cc(Cl)c(NC(=O)C(CC)S(=O)(=O)c2cccc(C)c2)cc1O. The van der Waals surface area contributed by atoms with E-state index in [1.807, 2.05) is 31.2 Å². The first-order chi connectivity index (χ1) is 35.1. The Labute approximate surface area is 441 Å². The second-order valence-electron chi connectivity index (χ2n) is 16.8. The van der Waals surface area contributed by atoms with Gasteiger partial charge in [-0.2, -0.15) is 0 Å². The van der Waals surface area contributed by atoms with Crippen molar-refractivity contribution >= 4 is 89.3 Å². The first-order valence-corrected chi connectivity index (χ1v) is 27.3. The number of aryl methyl sites for hydroxylation is 2. The fraction of sp³-hybridized carbons (Fsp3) is 0.259. The number of ether oxygens (including phenoxy) is 2. The number of phenolic OH excluding ortho intramolecular Hbond substituents is 2. The average Bonchev–Trinajstić information content (AvgIpc) is 3.36. The molecule has 0 radical (unpaired) electrons. The molecule has 4 atom stereocenters. The summed E-state index contributed by atoms with van der Waals surface area (Å²) in [5.41, 5.74) is 1.78. The number of halogens is 2. The van der Waals surface area contributed by atoms with Crippen LogP contribution in [0.5, 0.6) is 23.0 Å². The average molecular weight is 1090 g/mol. The quantitative estimate of drug-likeness (QED) is 0.0391. The van der Waals surface area contributed by atoms with Crippen molar-refractivity contribution in [3.05, 3.63) is 155 Å². The predicted octanol–water partition coefficient (Wildman–Crippen LogP) is 10.7. The Hall–Kier alpha value is -7.12. The van der Waals surface area contributed by atoms with Crippen molar-refractivity contribution < 1.29 is 55.7 Å². The van der Waals surface area contributed by atoms with Crippen molar-refractivity contribution in [1.82, 2.24) is 0 Å². The Morgan fingerprint density at radius 1 is 0.459 bits per heavy atom. The standard InChI is InChI=1S/2C27H29ClN2O6S/c1-4-24(36-18-11-9-10-17(3)14-18)26(32)30-22-15-20(28)21(16-23(22)31)29-27(33)25(5-2)37(34,35)19-12-7-6-8-13-19;1-4-24(36-18-11-7-6-8-12-18)26(32)30-22-15-20(28)21(16-23(22)31)29-27(33)25(5-2)37(34,35)19-13-9-10-17(3)14-19/h2*6-16,24-25,31H,4-5H2,1-3H3,(H,29,33)(H,30,32). The number of para-hydroxylation sites is 1. The lowest BCUT2D eigenvalue weighted by Crippen LogP contribution is -2.35. The van der Waals surface area contributed by atoms with Gasteiger partial charge < -0.3 is 41.0 Å². The monoisotopic (exact) mass is 1090 g/mol. The van der Waals surface area contributed by atoms with Gasteiger partial charge in [0.25, 0.3) is 11.8 Å². The summed E-state index contributed by atoms with van der Waals surface area (Å²) in [6.07, 6.45) is -0.849. The third kappa shape index (κ3) is 15.0. The number of hydrogen-bond acceptors (Lipinski definition) is 12. The molecular weight excluding hydrogens is 1030 g/mol. The fourth-order valence-electron chi connectivity index (χ4n) is 7.35. The van der Waals surface area contributed by atoms with E-state index in [4.69, 9.17) is 32.7 Å². The van der Waals surface area contributed by atoms with Gasteiger partial charge in [0, 0.05) is 12.1 Å². The summed E-state index contributed by atoms with van der Waals surface area (Å²) in [7, 11) is -7.91. The number of benzene rings is 6. The largest absolute Gasteiger partial charge is 0.506 e. The van der Waals surface area contributed by atoms with Gasteiger partial charge in [0.2, 0.25) is 11.8 Å². The minimum atomic E-state index is -3.97. The molecule has 0 saturated heterocycles. The lowest BCUT2D eigenvalue weighted by molar-refractivity contribution is -0.123. The molecule has 4 unspecified atom stereocenters. The molecule has 0 aliphatic carbocycles. The lowest BCUT2D eigenvalue weighted by Gasteiger charge is -2.19. The van der Waals surface area contributed by atoms with Crippen molar-refractivity contribution in [3.8, 4) is 23.0 Å². The second kappa shape index (κ2) is 26.2. The molecule has 6 aromatic carbocycles. The highest BCUT2D eigenvalue weighted by molar-refractivity contribution is 7.93. The Bertz CT molecular complexity index is 3180. The van der Waals surface area contributed by atoms with E-state index in [9.17, 15) is 46.2 Å². The van der Waals surface area contributed by atoms with E-state index in [2.05, 4.69) is 21.3 Å². The highest BCUT2D eigenvalue weighted by Crippen LogP contribution is 2.36. The molecule has 20 heteroatoms. The van der Waals surface area contributed by atoms with Crippen LogP contribution in [0, 0.1) is 13.8 Å². The number of carbonyl (C=O) groups is 4. The van der Waals surface area contributed by atoms with Gasteiger partial charge in [-0.3, -0.25) is 19.2 Å². The first-order valence-electron chi connectivity index (χ1n) is 23.5. The molecule has 0 aromatic heterocycles. The summed E-state index contributed by atoms with van der Waals surface area (Å²) in [6.45, 7) is 10.4. The van der Waals surface area contributed by atoms with Crippen LogP contribution in [-0.4, -0.2) is 73.4 Å². The fourth-order valence-corrected chi connectivity index (χ4v) is 11.1. The minimum absolute atomic E-state index is 0.000984. The maximum atomic E-state index is 13.1. The molecular formula is C54H58Cl2N4O12S2. The van der Waals surface area contributed by atoms with Crippen LogP contribution < -0.4 is 30.7 Å². The number of anilines is 4. The number of carbonyl (C=O) groups excluding carboxylic acids is 4. The third-order valence-electron chi connectivity index (χ3n) is 11.3. The predicted molar refractivity (Wildman–Crippen MR) is 288 cm³/mol. The summed E-state index contributed by atoms with van der Waals surface area (Å²) in [5.74, 6) is -2.23. The second-order valence-corrected chi connectivity index (χ2v) is 21.9. The summed E-state index contributed by atoms with van der Waals surface area (Å²) in [4.78, 5) is 51.5. The van der Waals surface area contributed by atoms with E-state index in [1.165, 1.54) is 36.4 Å². The number of phenols is 2. The minimum Gasteiger partial charge on any atom is -0.506 e. The molecule has 0 heterocycles. The first kappa shape index (κ1) is 57.8. The summed E-state index contributed by atoms with van der Waals surface area (Å²) >= 11 is 12.6. The number of hydrogen-bond donors (Lipinski definition) is 6. The van der Waals surface area contributed by atoms with Crippen LogP contribution in [0.1, 0.15) is 64.5 Å². The van der Waals surface area contributed by atoms with Gasteiger partial charge in [-0.1, -0.05) is 112 Å². The van der Waals surface area contributed by atoms with Crippen LogP contribution in [0.25, 0.3) is 0 Å². The van der Waals surface area contributed by atoms with Crippen LogP contribution in [-0.2, 0) is 38.9 Å². The zero-order valence-corrected chi connectivity index (χ0v) is 44.5. The number of sulfone groups is 2. The molecule has 6 rings (SSSR count). The van der Waals surface area contributed by atoms with Crippen LogP contribution >= 0.6 is 23.2 Å². The molecule has 74 heavy (non-hydrogen) atoms. The molecule has 392 valence electrons. The van der Waals surface area contributed by atoms with Crippen molar-refractivity contribution in [1.29, 1.82) is 0 Å². The van der Waals surface area contributed by atoms with Crippen LogP contribution in [0.15, 0.2) is 143 Å². The van der Waals surface area contributed by atoms with E-state index in [1.54, 1.807) is 95.3 Å². The maximum Gasteiger partial charge on any atom is 0.265 e. The summed E-state index contributed by atoms with van der Waals surface area (Å²) in [6, 6.07) is 35.0. The molecule has 0 aliphatic heterocycles. The summed E-state index contributed by atoms with van der Waals surface area (Å²) < 4.78 is 63.6. The Balaban J connectivity index is 0.000000274. The summed E-state index contributed by atoms with van der Waals surface area (Å²) in [5, 5.41) is 28.4. The number of aromatic hydroxyl groups is 2. The van der Waals surface area contributed by atoms with Crippen LogP contribution in [0.2, 0.25) is 10.0 Å². The zero-order chi connectivity index (χ0) is 54.3. The van der Waals surface area contributed by atoms with E-state index in [-0.39, 0.29) is 66.9 Å². The third-order valence-corrected chi connectivity index (χ3v) is 16.3. The molecule has 6 N–H and O–H groups in total.